The third-order valence-electron chi connectivity index (χ3n) is 3.27. The third kappa shape index (κ3) is 3.37. The molecule has 5 nitrogen and oxygen atoms in total. The van der Waals surface area contributed by atoms with Crippen molar-refractivity contribution in [2.45, 2.75) is 27.2 Å². The number of hydrogen-bond donors (Lipinski definition) is 1. The Morgan fingerprint density at radius 3 is 2.67 bits per heavy atom. The number of hydrogen-bond acceptors (Lipinski definition) is 4. The topological polar surface area (TPSA) is 68.1 Å². The molecule has 1 aromatic carbocycles. The van der Waals surface area contributed by atoms with Gasteiger partial charge in [-0.15, -0.1) is 0 Å². The number of nitrogens with one attached hydrogen (secondary N) is 1. The Morgan fingerprint density at radius 2 is 2.00 bits per heavy atom. The minimum atomic E-state index is -0.381. The highest BCUT2D eigenvalue weighted by Gasteiger charge is 2.19. The molecule has 1 N–H and O–H groups in total. The first-order chi connectivity index (χ1) is 10.0. The van der Waals surface area contributed by atoms with Crippen molar-refractivity contribution in [1.29, 1.82) is 0 Å². The van der Waals surface area contributed by atoms with Gasteiger partial charge >= 0.3 is 0 Å². The highest BCUT2D eigenvalue weighted by Crippen LogP contribution is 2.32. The molecule has 0 bridgehead atoms. The average molecular weight is 285 g/mol. The maximum Gasteiger partial charge on any atom is 0.295 e. The summed E-state index contributed by atoms with van der Waals surface area (Å²) in [6, 6.07) is 9.06. The van der Waals surface area contributed by atoms with E-state index in [1.807, 2.05) is 32.0 Å². The van der Waals surface area contributed by atoms with Gasteiger partial charge in [-0.25, -0.2) is 4.98 Å². The molecule has 1 aromatic heterocycles. The van der Waals surface area contributed by atoms with Gasteiger partial charge in [0.2, 0.25) is 0 Å². The van der Waals surface area contributed by atoms with Crippen LogP contribution in [0.15, 0.2) is 30.3 Å². The highest BCUT2D eigenvalue weighted by atomic mass is 16.6. The van der Waals surface area contributed by atoms with Crippen LogP contribution in [-0.4, -0.2) is 16.5 Å². The van der Waals surface area contributed by atoms with E-state index >= 15 is 0 Å². The van der Waals surface area contributed by atoms with Crippen molar-refractivity contribution in [1.82, 2.24) is 4.98 Å². The van der Waals surface area contributed by atoms with E-state index in [1.54, 1.807) is 6.07 Å². The molecule has 21 heavy (non-hydrogen) atoms. The molecule has 2 aromatic rings. The number of aryl methyl sites for hydroxylation is 2. The van der Waals surface area contributed by atoms with Crippen molar-refractivity contribution in [3.63, 3.8) is 0 Å². The number of nitro groups is 1. The van der Waals surface area contributed by atoms with Gasteiger partial charge in [-0.2, -0.15) is 0 Å². The molecule has 1 heterocycles. The van der Waals surface area contributed by atoms with Crippen molar-refractivity contribution in [3.05, 3.63) is 51.6 Å². The Hall–Kier alpha value is -2.43. The zero-order valence-electron chi connectivity index (χ0n) is 12.5. The second kappa shape index (κ2) is 6.35. The Kier molecular flexibility index (Phi) is 4.52. The van der Waals surface area contributed by atoms with E-state index < -0.39 is 0 Å². The Balaban J connectivity index is 2.57. The maximum atomic E-state index is 11.3. The number of pyridine rings is 1. The Bertz CT molecular complexity index is 669. The summed E-state index contributed by atoms with van der Waals surface area (Å²) in [5, 5.41) is 14.4. The summed E-state index contributed by atoms with van der Waals surface area (Å²) < 4.78 is 0. The minimum Gasteiger partial charge on any atom is -0.370 e. The van der Waals surface area contributed by atoms with E-state index in [4.69, 9.17) is 0 Å². The second-order valence-corrected chi connectivity index (χ2v) is 5.07. The molecular weight excluding hydrogens is 266 g/mol. The van der Waals surface area contributed by atoms with Crippen LogP contribution in [0.1, 0.15) is 24.5 Å². The highest BCUT2D eigenvalue weighted by molar-refractivity contribution is 5.74. The first-order valence-electron chi connectivity index (χ1n) is 7.00. The standard InChI is InChI=1S/C16H19N3O2/c1-4-9-17-15-8-7-14(19(20)21)16(18-15)13-10-11(2)5-6-12(13)3/h5-8,10H,4,9H2,1-3H3,(H,17,18). The van der Waals surface area contributed by atoms with E-state index in [-0.39, 0.29) is 10.6 Å². The molecule has 0 spiro atoms. The molecule has 5 heteroatoms. The molecule has 0 aliphatic carbocycles. The van der Waals surface area contributed by atoms with Crippen molar-refractivity contribution >= 4 is 11.5 Å². The minimum absolute atomic E-state index is 0.0331. The first-order valence-corrected chi connectivity index (χ1v) is 7.00. The van der Waals surface area contributed by atoms with Crippen molar-refractivity contribution < 1.29 is 4.92 Å². The fraction of sp³-hybridized carbons (Fsp3) is 0.312. The van der Waals surface area contributed by atoms with Gasteiger partial charge < -0.3 is 5.32 Å². The SMILES string of the molecule is CCCNc1ccc([N+](=O)[O-])c(-c2cc(C)ccc2C)n1. The van der Waals surface area contributed by atoms with Gasteiger partial charge in [-0.05, 0) is 38.0 Å². The fourth-order valence-electron chi connectivity index (χ4n) is 2.14. The number of nitrogens with zero attached hydrogens (tertiary/aromatic N) is 2. The van der Waals surface area contributed by atoms with Crippen LogP contribution in [-0.2, 0) is 0 Å². The zero-order valence-corrected chi connectivity index (χ0v) is 12.5. The summed E-state index contributed by atoms with van der Waals surface area (Å²) >= 11 is 0. The van der Waals surface area contributed by atoms with Crippen LogP contribution in [0.4, 0.5) is 11.5 Å². The van der Waals surface area contributed by atoms with Crippen LogP contribution in [0.2, 0.25) is 0 Å². The van der Waals surface area contributed by atoms with Crippen molar-refractivity contribution in [2.24, 2.45) is 0 Å². The summed E-state index contributed by atoms with van der Waals surface area (Å²) in [4.78, 5) is 15.3. The molecule has 110 valence electrons. The Labute approximate surface area is 124 Å². The van der Waals surface area contributed by atoms with Crippen LogP contribution in [0, 0.1) is 24.0 Å². The Morgan fingerprint density at radius 1 is 1.24 bits per heavy atom. The summed E-state index contributed by atoms with van der Waals surface area (Å²) in [7, 11) is 0. The van der Waals surface area contributed by atoms with Crippen LogP contribution in [0.5, 0.6) is 0 Å². The monoisotopic (exact) mass is 285 g/mol. The average Bonchev–Trinajstić information content (AvgIpc) is 2.47. The van der Waals surface area contributed by atoms with E-state index in [9.17, 15) is 10.1 Å². The molecule has 0 atom stereocenters. The van der Waals surface area contributed by atoms with Crippen LogP contribution in [0.25, 0.3) is 11.3 Å². The molecule has 0 radical (unpaired) electrons. The summed E-state index contributed by atoms with van der Waals surface area (Å²) in [6.07, 6.45) is 0.970. The zero-order chi connectivity index (χ0) is 15.4. The number of rotatable bonds is 5. The lowest BCUT2D eigenvalue weighted by Gasteiger charge is -2.10. The molecule has 0 aliphatic heterocycles. The quantitative estimate of drug-likeness (QED) is 0.663. The van der Waals surface area contributed by atoms with Gasteiger partial charge in [-0.1, -0.05) is 24.6 Å². The second-order valence-electron chi connectivity index (χ2n) is 5.07. The molecule has 2 rings (SSSR count). The van der Waals surface area contributed by atoms with Gasteiger partial charge in [0.25, 0.3) is 5.69 Å². The van der Waals surface area contributed by atoms with E-state index in [0.717, 1.165) is 29.7 Å². The largest absolute Gasteiger partial charge is 0.370 e. The lowest BCUT2D eigenvalue weighted by Crippen LogP contribution is -2.04. The maximum absolute atomic E-state index is 11.3. The molecule has 0 saturated carbocycles. The van der Waals surface area contributed by atoms with E-state index in [2.05, 4.69) is 17.2 Å². The summed E-state index contributed by atoms with van der Waals surface area (Å²) in [5.74, 6) is 0.665. The first kappa shape index (κ1) is 15.0. The number of aromatic nitrogens is 1. The van der Waals surface area contributed by atoms with Crippen LogP contribution in [0.3, 0.4) is 0 Å². The van der Waals surface area contributed by atoms with Gasteiger partial charge in [0.15, 0.2) is 5.69 Å². The lowest BCUT2D eigenvalue weighted by atomic mass is 10.0. The molecule has 0 saturated heterocycles. The molecule has 0 amide bonds. The van der Waals surface area contributed by atoms with Gasteiger partial charge in [0.05, 0.1) is 4.92 Å². The fourth-order valence-corrected chi connectivity index (χ4v) is 2.14. The molecule has 0 fully saturated rings. The van der Waals surface area contributed by atoms with Crippen LogP contribution >= 0.6 is 0 Å². The number of anilines is 1. The summed E-state index contributed by atoms with van der Waals surface area (Å²) in [6.45, 7) is 6.75. The van der Waals surface area contributed by atoms with Crippen LogP contribution < -0.4 is 5.32 Å². The van der Waals surface area contributed by atoms with Crippen molar-refractivity contribution in [3.8, 4) is 11.3 Å². The smallest absolute Gasteiger partial charge is 0.295 e. The number of benzene rings is 1. The third-order valence-corrected chi connectivity index (χ3v) is 3.27. The van der Waals surface area contributed by atoms with E-state index in [0.29, 0.717) is 11.5 Å². The van der Waals surface area contributed by atoms with Gasteiger partial charge in [0.1, 0.15) is 5.82 Å². The van der Waals surface area contributed by atoms with Crippen molar-refractivity contribution in [2.75, 3.05) is 11.9 Å². The molecular formula is C16H19N3O2. The normalized spacial score (nSPS) is 10.4. The molecule has 0 unspecified atom stereocenters. The predicted molar refractivity (Wildman–Crippen MR) is 84.6 cm³/mol. The van der Waals surface area contributed by atoms with Gasteiger partial charge in [-0.3, -0.25) is 10.1 Å². The lowest BCUT2D eigenvalue weighted by molar-refractivity contribution is -0.384. The van der Waals surface area contributed by atoms with Gasteiger partial charge in [0, 0.05) is 18.2 Å². The molecule has 0 aliphatic rings. The summed E-state index contributed by atoms with van der Waals surface area (Å²) in [5.41, 5.74) is 3.29. The predicted octanol–water partition coefficient (Wildman–Crippen LogP) is 4.10. The van der Waals surface area contributed by atoms with E-state index in [1.165, 1.54) is 6.07 Å².